The number of carboxylic acids is 2. The molecule has 3 amide bonds. The Kier molecular flexibility index (Phi) is 10.1. The van der Waals surface area contributed by atoms with E-state index in [9.17, 15) is 34.2 Å². The van der Waals surface area contributed by atoms with Crippen LogP contribution in [0.15, 0.2) is 24.3 Å². The van der Waals surface area contributed by atoms with Gasteiger partial charge < -0.3 is 37.0 Å². The van der Waals surface area contributed by atoms with E-state index in [-0.39, 0.29) is 18.6 Å². The number of carbonyl (C=O) groups is 5. The van der Waals surface area contributed by atoms with Crippen LogP contribution in [-0.4, -0.2) is 69.1 Å². The molecule has 32 heavy (non-hydrogen) atoms. The van der Waals surface area contributed by atoms with Crippen LogP contribution in [0.5, 0.6) is 5.75 Å². The Morgan fingerprint density at radius 3 is 1.94 bits per heavy atom. The van der Waals surface area contributed by atoms with Crippen molar-refractivity contribution < 1.29 is 39.3 Å². The molecule has 0 aliphatic carbocycles. The standard InChI is InChI=1S/C20H28N4O8/c1-10(21)17(28)22-11(2)18(29)23-14(7-8-16(26)27)19(30)24-15(20(31)32)9-12-3-5-13(25)6-4-12/h3-6,10-11,14-15,25H,7-9,21H2,1-2H3,(H,22,28)(H,23,29)(H,24,30)(H,26,27)(H,31,32). The zero-order chi connectivity index (χ0) is 24.4. The fraction of sp³-hybridized carbons (Fsp3) is 0.450. The summed E-state index contributed by atoms with van der Waals surface area (Å²) in [5.41, 5.74) is 5.95. The van der Waals surface area contributed by atoms with Crippen LogP contribution < -0.4 is 21.7 Å². The number of phenolic OH excluding ortho intramolecular Hbond substituents is 1. The molecule has 0 radical (unpaired) electrons. The third-order valence-corrected chi connectivity index (χ3v) is 4.44. The summed E-state index contributed by atoms with van der Waals surface area (Å²) in [6.07, 6.45) is -0.872. The van der Waals surface area contributed by atoms with E-state index >= 15 is 0 Å². The maximum absolute atomic E-state index is 12.7. The van der Waals surface area contributed by atoms with Crippen LogP contribution in [0.2, 0.25) is 0 Å². The molecule has 0 saturated heterocycles. The number of carbonyl (C=O) groups excluding carboxylic acids is 3. The molecule has 0 aliphatic heterocycles. The van der Waals surface area contributed by atoms with Gasteiger partial charge in [-0.15, -0.1) is 0 Å². The molecule has 0 heterocycles. The highest BCUT2D eigenvalue weighted by Crippen LogP contribution is 2.12. The highest BCUT2D eigenvalue weighted by molar-refractivity contribution is 5.94. The number of nitrogens with two attached hydrogens (primary N) is 1. The smallest absolute Gasteiger partial charge is 0.326 e. The molecule has 0 saturated carbocycles. The minimum atomic E-state index is -1.37. The average molecular weight is 452 g/mol. The van der Waals surface area contributed by atoms with Crippen molar-refractivity contribution >= 4 is 29.7 Å². The second kappa shape index (κ2) is 12.2. The van der Waals surface area contributed by atoms with Gasteiger partial charge >= 0.3 is 11.9 Å². The van der Waals surface area contributed by atoms with Gasteiger partial charge in [-0.3, -0.25) is 19.2 Å². The second-order valence-electron chi connectivity index (χ2n) is 7.28. The number of phenols is 1. The van der Waals surface area contributed by atoms with E-state index in [0.717, 1.165) is 0 Å². The summed E-state index contributed by atoms with van der Waals surface area (Å²) >= 11 is 0. The van der Waals surface area contributed by atoms with Crippen molar-refractivity contribution in [1.29, 1.82) is 0 Å². The Morgan fingerprint density at radius 1 is 0.875 bits per heavy atom. The van der Waals surface area contributed by atoms with E-state index in [1.807, 2.05) is 0 Å². The van der Waals surface area contributed by atoms with E-state index in [2.05, 4.69) is 16.0 Å². The number of aromatic hydroxyl groups is 1. The lowest BCUT2D eigenvalue weighted by Gasteiger charge is -2.23. The van der Waals surface area contributed by atoms with Crippen molar-refractivity contribution in [2.24, 2.45) is 5.73 Å². The summed E-state index contributed by atoms with van der Waals surface area (Å²) < 4.78 is 0. The third-order valence-electron chi connectivity index (χ3n) is 4.44. The van der Waals surface area contributed by atoms with Crippen molar-refractivity contribution in [1.82, 2.24) is 16.0 Å². The van der Waals surface area contributed by atoms with Gasteiger partial charge in [0, 0.05) is 12.8 Å². The fourth-order valence-electron chi connectivity index (χ4n) is 2.58. The Hall–Kier alpha value is -3.67. The van der Waals surface area contributed by atoms with Gasteiger partial charge in [0.25, 0.3) is 0 Å². The molecule has 0 spiro atoms. The first-order valence-electron chi connectivity index (χ1n) is 9.80. The molecule has 12 heteroatoms. The van der Waals surface area contributed by atoms with Crippen molar-refractivity contribution in [3.05, 3.63) is 29.8 Å². The maximum atomic E-state index is 12.7. The van der Waals surface area contributed by atoms with Crippen molar-refractivity contribution in [3.63, 3.8) is 0 Å². The molecular formula is C20H28N4O8. The van der Waals surface area contributed by atoms with Gasteiger partial charge in [-0.2, -0.15) is 0 Å². The maximum Gasteiger partial charge on any atom is 0.326 e. The van der Waals surface area contributed by atoms with Crippen LogP contribution in [0, 0.1) is 0 Å². The van der Waals surface area contributed by atoms with Gasteiger partial charge in [-0.05, 0) is 38.0 Å². The highest BCUT2D eigenvalue weighted by Gasteiger charge is 2.29. The van der Waals surface area contributed by atoms with Gasteiger partial charge in [0.2, 0.25) is 17.7 Å². The van der Waals surface area contributed by atoms with Crippen molar-refractivity contribution in [2.75, 3.05) is 0 Å². The number of hydrogen-bond donors (Lipinski definition) is 7. The van der Waals surface area contributed by atoms with Crippen LogP contribution >= 0.6 is 0 Å². The lowest BCUT2D eigenvalue weighted by Crippen LogP contribution is -2.56. The summed E-state index contributed by atoms with van der Waals surface area (Å²) in [7, 11) is 0. The molecule has 0 aliphatic rings. The first-order valence-corrected chi connectivity index (χ1v) is 9.80. The quantitative estimate of drug-likeness (QED) is 0.201. The molecule has 0 bridgehead atoms. The minimum absolute atomic E-state index is 0.00801. The van der Waals surface area contributed by atoms with Crippen molar-refractivity contribution in [2.45, 2.75) is 57.3 Å². The number of aliphatic carboxylic acids is 2. The Balaban J connectivity index is 2.90. The highest BCUT2D eigenvalue weighted by atomic mass is 16.4. The lowest BCUT2D eigenvalue weighted by molar-refractivity contribution is -0.143. The summed E-state index contributed by atoms with van der Waals surface area (Å²) in [5.74, 6) is -4.82. The normalized spacial score (nSPS) is 14.3. The summed E-state index contributed by atoms with van der Waals surface area (Å²) in [5, 5.41) is 34.7. The molecule has 12 nitrogen and oxygen atoms in total. The van der Waals surface area contributed by atoms with Gasteiger partial charge in [-0.25, -0.2) is 4.79 Å². The molecular weight excluding hydrogens is 424 g/mol. The summed E-state index contributed by atoms with van der Waals surface area (Å²) in [6, 6.07) is 1.05. The zero-order valence-corrected chi connectivity index (χ0v) is 17.7. The number of rotatable bonds is 12. The molecule has 8 N–H and O–H groups in total. The first kappa shape index (κ1) is 26.4. The monoisotopic (exact) mass is 452 g/mol. The molecule has 4 unspecified atom stereocenters. The van der Waals surface area contributed by atoms with Crippen LogP contribution in [-0.2, 0) is 30.4 Å². The zero-order valence-electron chi connectivity index (χ0n) is 17.7. The number of nitrogens with one attached hydrogen (secondary N) is 3. The van der Waals surface area contributed by atoms with E-state index in [1.165, 1.54) is 38.1 Å². The summed E-state index contributed by atoms with van der Waals surface area (Å²) in [6.45, 7) is 2.77. The average Bonchev–Trinajstić information content (AvgIpc) is 2.71. The topological polar surface area (TPSA) is 208 Å². The fourth-order valence-corrected chi connectivity index (χ4v) is 2.58. The number of benzene rings is 1. The minimum Gasteiger partial charge on any atom is -0.508 e. The van der Waals surface area contributed by atoms with Crippen LogP contribution in [0.4, 0.5) is 0 Å². The second-order valence-corrected chi connectivity index (χ2v) is 7.28. The van der Waals surface area contributed by atoms with Gasteiger partial charge in [0.05, 0.1) is 6.04 Å². The van der Waals surface area contributed by atoms with E-state index in [0.29, 0.717) is 5.56 Å². The Labute approximate surface area is 184 Å². The molecule has 1 aromatic carbocycles. The molecule has 0 aromatic heterocycles. The SMILES string of the molecule is CC(N)C(=O)NC(C)C(=O)NC(CCC(=O)O)C(=O)NC(Cc1ccc(O)cc1)C(=O)O. The van der Waals surface area contributed by atoms with Crippen LogP contribution in [0.25, 0.3) is 0 Å². The molecule has 1 aromatic rings. The predicted octanol–water partition coefficient (Wildman–Crippen LogP) is -1.29. The number of amides is 3. The third kappa shape index (κ3) is 9.00. The first-order chi connectivity index (χ1) is 14.9. The molecule has 0 fully saturated rings. The van der Waals surface area contributed by atoms with E-state index in [4.69, 9.17) is 10.8 Å². The number of hydrogen-bond acceptors (Lipinski definition) is 7. The predicted molar refractivity (Wildman–Crippen MR) is 111 cm³/mol. The van der Waals surface area contributed by atoms with Gasteiger partial charge in [-0.1, -0.05) is 12.1 Å². The van der Waals surface area contributed by atoms with E-state index in [1.54, 1.807) is 0 Å². The van der Waals surface area contributed by atoms with Crippen LogP contribution in [0.1, 0.15) is 32.3 Å². The molecule has 4 atom stereocenters. The van der Waals surface area contributed by atoms with E-state index < -0.39 is 60.2 Å². The summed E-state index contributed by atoms with van der Waals surface area (Å²) in [4.78, 5) is 59.2. The Bertz CT molecular complexity index is 841. The largest absolute Gasteiger partial charge is 0.508 e. The molecule has 176 valence electrons. The number of carboxylic acid groups (broad SMARTS) is 2. The van der Waals surface area contributed by atoms with Crippen molar-refractivity contribution in [3.8, 4) is 5.75 Å². The lowest BCUT2D eigenvalue weighted by atomic mass is 10.0. The van der Waals surface area contributed by atoms with Gasteiger partial charge in [0.1, 0.15) is 23.9 Å². The van der Waals surface area contributed by atoms with Gasteiger partial charge in [0.15, 0.2) is 0 Å². The molecule has 1 rings (SSSR count). The van der Waals surface area contributed by atoms with Crippen LogP contribution in [0.3, 0.4) is 0 Å². The Morgan fingerprint density at radius 2 is 1.44 bits per heavy atom.